The van der Waals surface area contributed by atoms with E-state index < -0.39 is 9.73 Å². The fourth-order valence-corrected chi connectivity index (χ4v) is 2.79. The van der Waals surface area contributed by atoms with Crippen molar-refractivity contribution >= 4 is 9.73 Å². The lowest BCUT2D eigenvalue weighted by atomic mass is 10.3. The van der Waals surface area contributed by atoms with Gasteiger partial charge in [-0.3, -0.25) is 4.78 Å². The van der Waals surface area contributed by atoms with Crippen LogP contribution in [0, 0.1) is 10.7 Å². The highest BCUT2D eigenvalue weighted by Crippen LogP contribution is 2.10. The van der Waals surface area contributed by atoms with Gasteiger partial charge in [-0.15, -0.1) is 0 Å². The number of hydrogen-bond acceptors (Lipinski definition) is 2. The molecule has 0 aliphatic carbocycles. The van der Waals surface area contributed by atoms with Gasteiger partial charge >= 0.3 is 0 Å². The zero-order valence-electron chi connectivity index (χ0n) is 7.89. The van der Waals surface area contributed by atoms with Gasteiger partial charge in [-0.2, -0.15) is 0 Å². The molecule has 11 heavy (non-hydrogen) atoms. The second kappa shape index (κ2) is 4.10. The third kappa shape index (κ3) is 3.75. The maximum absolute atomic E-state index is 11.6. The Labute approximate surface area is 70.4 Å². The average molecular weight is 177 g/mol. The van der Waals surface area contributed by atoms with Crippen molar-refractivity contribution in [1.82, 2.24) is 0 Å². The number of hydrogen-bond donors (Lipinski definition) is 1. The quantitative estimate of drug-likeness (QED) is 0.704. The van der Waals surface area contributed by atoms with Crippen LogP contribution in [-0.4, -0.2) is 15.2 Å². The van der Waals surface area contributed by atoms with Crippen molar-refractivity contribution in [3.05, 3.63) is 0 Å². The van der Waals surface area contributed by atoms with E-state index in [9.17, 15) is 4.21 Å². The molecule has 0 saturated heterocycles. The Balaban J connectivity index is 4.23. The van der Waals surface area contributed by atoms with Crippen LogP contribution in [0.4, 0.5) is 0 Å². The standard InChI is InChI=1S/C8H19NOS/c1-5-8(4)11(9,10)6-7(2)3/h7-9H,5-6H2,1-4H3/t8-,11+/m1/s1. The van der Waals surface area contributed by atoms with Crippen LogP contribution in [0.5, 0.6) is 0 Å². The molecular formula is C8H19NOS. The summed E-state index contributed by atoms with van der Waals surface area (Å²) in [5.41, 5.74) is 0. The molecule has 0 aromatic heterocycles. The molecule has 2 atom stereocenters. The van der Waals surface area contributed by atoms with Gasteiger partial charge in [-0.1, -0.05) is 20.8 Å². The minimum absolute atomic E-state index is 0.0462. The summed E-state index contributed by atoms with van der Waals surface area (Å²) in [6.07, 6.45) is 0.842. The predicted octanol–water partition coefficient (Wildman–Crippen LogP) is 2.49. The van der Waals surface area contributed by atoms with Gasteiger partial charge in [0.05, 0.1) is 0 Å². The lowest BCUT2D eigenvalue weighted by Crippen LogP contribution is -2.21. The molecule has 0 radical (unpaired) electrons. The van der Waals surface area contributed by atoms with E-state index >= 15 is 0 Å². The molecule has 0 aromatic carbocycles. The van der Waals surface area contributed by atoms with E-state index in [4.69, 9.17) is 4.78 Å². The summed E-state index contributed by atoms with van der Waals surface area (Å²) in [5.74, 6) is 0.913. The molecule has 3 heteroatoms. The molecule has 1 N–H and O–H groups in total. The Morgan fingerprint density at radius 1 is 1.36 bits per heavy atom. The smallest absolute Gasteiger partial charge is 0.0470 e. The first-order valence-corrected chi connectivity index (χ1v) is 5.94. The van der Waals surface area contributed by atoms with E-state index in [1.807, 2.05) is 27.7 Å². The van der Waals surface area contributed by atoms with E-state index in [0.717, 1.165) is 6.42 Å². The first-order chi connectivity index (χ1) is 4.90. The molecular weight excluding hydrogens is 158 g/mol. The van der Waals surface area contributed by atoms with Crippen molar-refractivity contribution in [2.24, 2.45) is 5.92 Å². The Bertz CT molecular complexity index is 194. The minimum Gasteiger partial charge on any atom is -0.253 e. The molecule has 0 bridgehead atoms. The van der Waals surface area contributed by atoms with Crippen LogP contribution in [0.3, 0.4) is 0 Å². The lowest BCUT2D eigenvalue weighted by Gasteiger charge is -2.15. The van der Waals surface area contributed by atoms with E-state index in [1.165, 1.54) is 0 Å². The van der Waals surface area contributed by atoms with Gasteiger partial charge in [0.15, 0.2) is 0 Å². The van der Waals surface area contributed by atoms with E-state index in [2.05, 4.69) is 0 Å². The number of rotatable bonds is 4. The fraction of sp³-hybridized carbons (Fsp3) is 1.00. The van der Waals surface area contributed by atoms with E-state index in [1.54, 1.807) is 0 Å². The Hall–Kier alpha value is -0.0500. The maximum atomic E-state index is 11.6. The van der Waals surface area contributed by atoms with Crippen molar-refractivity contribution in [3.8, 4) is 0 Å². The normalized spacial score (nSPS) is 19.7. The van der Waals surface area contributed by atoms with Crippen LogP contribution >= 0.6 is 0 Å². The summed E-state index contributed by atoms with van der Waals surface area (Å²) >= 11 is 0. The Morgan fingerprint density at radius 3 is 2.09 bits per heavy atom. The van der Waals surface area contributed by atoms with Crippen molar-refractivity contribution in [2.45, 2.75) is 39.4 Å². The SMILES string of the molecule is CC[C@@H](C)[S@@](=N)(=O)CC(C)C. The van der Waals surface area contributed by atoms with Gasteiger partial charge < -0.3 is 0 Å². The summed E-state index contributed by atoms with van der Waals surface area (Å²) in [5, 5.41) is 0.0462. The summed E-state index contributed by atoms with van der Waals surface area (Å²) in [4.78, 5) is 0. The van der Waals surface area contributed by atoms with Crippen molar-refractivity contribution in [1.29, 1.82) is 4.78 Å². The molecule has 0 unspecified atom stereocenters. The van der Waals surface area contributed by atoms with Crippen LogP contribution in [0.15, 0.2) is 0 Å². The Kier molecular flexibility index (Phi) is 4.08. The van der Waals surface area contributed by atoms with Crippen LogP contribution < -0.4 is 0 Å². The van der Waals surface area contributed by atoms with Crippen molar-refractivity contribution in [3.63, 3.8) is 0 Å². The molecule has 0 saturated carbocycles. The van der Waals surface area contributed by atoms with Crippen molar-refractivity contribution in [2.75, 3.05) is 5.75 Å². The third-order valence-corrected chi connectivity index (χ3v) is 4.60. The van der Waals surface area contributed by atoms with Gasteiger partial charge in [-0.25, -0.2) is 4.21 Å². The summed E-state index contributed by atoms with van der Waals surface area (Å²) in [6.45, 7) is 7.91. The van der Waals surface area contributed by atoms with E-state index in [0.29, 0.717) is 11.7 Å². The largest absolute Gasteiger partial charge is 0.253 e. The van der Waals surface area contributed by atoms with Gasteiger partial charge in [0, 0.05) is 20.7 Å². The van der Waals surface area contributed by atoms with Crippen molar-refractivity contribution < 1.29 is 4.21 Å². The van der Waals surface area contributed by atoms with Crippen LogP contribution in [0.25, 0.3) is 0 Å². The van der Waals surface area contributed by atoms with Crippen LogP contribution in [-0.2, 0) is 9.73 Å². The van der Waals surface area contributed by atoms with Crippen LogP contribution in [0.1, 0.15) is 34.1 Å². The Morgan fingerprint density at radius 2 is 1.82 bits per heavy atom. The van der Waals surface area contributed by atoms with Gasteiger partial charge in [0.2, 0.25) is 0 Å². The average Bonchev–Trinajstić information content (AvgIpc) is 1.83. The first kappa shape index (κ1) is 11.0. The monoisotopic (exact) mass is 177 g/mol. The topological polar surface area (TPSA) is 40.9 Å². The summed E-state index contributed by atoms with van der Waals surface area (Å²) in [7, 11) is -2.31. The molecule has 0 fully saturated rings. The molecule has 68 valence electrons. The highest BCUT2D eigenvalue weighted by Gasteiger charge is 2.15. The predicted molar refractivity (Wildman–Crippen MR) is 50.3 cm³/mol. The minimum atomic E-state index is -2.31. The highest BCUT2D eigenvalue weighted by atomic mass is 32.2. The molecule has 0 rings (SSSR count). The molecule has 0 spiro atoms. The maximum Gasteiger partial charge on any atom is 0.0470 e. The summed E-state index contributed by atoms with van der Waals surface area (Å²) < 4.78 is 19.2. The molecule has 0 aromatic rings. The molecule has 2 nitrogen and oxygen atoms in total. The van der Waals surface area contributed by atoms with Crippen LogP contribution in [0.2, 0.25) is 0 Å². The highest BCUT2D eigenvalue weighted by molar-refractivity contribution is 7.93. The second-order valence-corrected chi connectivity index (χ2v) is 6.10. The number of nitrogens with one attached hydrogen (secondary N) is 1. The second-order valence-electron chi connectivity index (χ2n) is 3.51. The molecule has 0 aliphatic heterocycles. The first-order valence-electron chi connectivity index (χ1n) is 4.15. The zero-order chi connectivity index (χ0) is 9.07. The third-order valence-electron chi connectivity index (χ3n) is 1.81. The molecule has 0 amide bonds. The molecule has 0 heterocycles. The zero-order valence-corrected chi connectivity index (χ0v) is 8.70. The van der Waals surface area contributed by atoms with Gasteiger partial charge in [0.25, 0.3) is 0 Å². The fourth-order valence-electron chi connectivity index (χ4n) is 0.929. The van der Waals surface area contributed by atoms with Gasteiger partial charge in [-0.05, 0) is 19.3 Å². The van der Waals surface area contributed by atoms with Gasteiger partial charge in [0.1, 0.15) is 0 Å². The van der Waals surface area contributed by atoms with E-state index in [-0.39, 0.29) is 5.25 Å². The summed E-state index contributed by atoms with van der Waals surface area (Å²) in [6, 6.07) is 0. The lowest BCUT2D eigenvalue weighted by molar-refractivity contribution is 0.641. The molecule has 0 aliphatic rings.